The first-order valence-electron chi connectivity index (χ1n) is 11.0. The fourth-order valence-electron chi connectivity index (χ4n) is 4.83. The van der Waals surface area contributed by atoms with Crippen LogP contribution in [0.25, 0.3) is 0 Å². The highest BCUT2D eigenvalue weighted by molar-refractivity contribution is 5.78. The van der Waals surface area contributed by atoms with E-state index in [2.05, 4.69) is 15.1 Å². The van der Waals surface area contributed by atoms with Crippen molar-refractivity contribution in [1.29, 1.82) is 0 Å². The van der Waals surface area contributed by atoms with Crippen molar-refractivity contribution < 1.29 is 13.9 Å². The molecule has 0 saturated carbocycles. The molecule has 7 heteroatoms. The number of para-hydroxylation sites is 1. The summed E-state index contributed by atoms with van der Waals surface area (Å²) in [4.78, 5) is 17.2. The van der Waals surface area contributed by atoms with Crippen molar-refractivity contribution in [3.05, 3.63) is 42.1 Å². The van der Waals surface area contributed by atoms with Crippen LogP contribution in [0.5, 0.6) is 5.75 Å². The van der Waals surface area contributed by atoms with Crippen LogP contribution in [-0.4, -0.2) is 65.2 Å². The maximum absolute atomic E-state index is 12.7. The molecule has 1 aromatic heterocycles. The standard InChI is InChI=1S/C23H32N4O3/c1-17(2)22(28)27-15-20(21-25-24-18(3)30-21)23(16-27)9-11-26(12-10-23)13-14-29-19-7-5-4-6-8-19/h4-8,17,20H,9-16H2,1-3H3. The molecule has 0 bridgehead atoms. The molecular weight excluding hydrogens is 380 g/mol. The lowest BCUT2D eigenvalue weighted by molar-refractivity contribution is -0.133. The van der Waals surface area contributed by atoms with E-state index < -0.39 is 0 Å². The predicted molar refractivity (Wildman–Crippen MR) is 113 cm³/mol. The Morgan fingerprint density at radius 2 is 1.97 bits per heavy atom. The van der Waals surface area contributed by atoms with Crippen molar-refractivity contribution >= 4 is 5.91 Å². The first-order valence-corrected chi connectivity index (χ1v) is 11.0. The van der Waals surface area contributed by atoms with E-state index in [0.717, 1.165) is 44.8 Å². The van der Waals surface area contributed by atoms with E-state index in [9.17, 15) is 4.79 Å². The van der Waals surface area contributed by atoms with Crippen LogP contribution >= 0.6 is 0 Å². The molecule has 0 radical (unpaired) electrons. The number of aryl methyl sites for hydroxylation is 1. The summed E-state index contributed by atoms with van der Waals surface area (Å²) >= 11 is 0. The van der Waals surface area contributed by atoms with Gasteiger partial charge in [0.05, 0.1) is 5.92 Å². The Morgan fingerprint density at radius 3 is 2.60 bits per heavy atom. The van der Waals surface area contributed by atoms with E-state index in [-0.39, 0.29) is 23.2 Å². The Balaban J connectivity index is 1.39. The number of likely N-dealkylation sites (tertiary alicyclic amines) is 2. The normalized spacial score (nSPS) is 21.5. The lowest BCUT2D eigenvalue weighted by Crippen LogP contribution is -2.45. The fourth-order valence-corrected chi connectivity index (χ4v) is 4.83. The van der Waals surface area contributed by atoms with E-state index in [4.69, 9.17) is 9.15 Å². The molecule has 1 amide bonds. The summed E-state index contributed by atoms with van der Waals surface area (Å²) in [7, 11) is 0. The molecule has 2 fully saturated rings. The molecule has 7 nitrogen and oxygen atoms in total. The molecule has 162 valence electrons. The monoisotopic (exact) mass is 412 g/mol. The Bertz CT molecular complexity index is 843. The average Bonchev–Trinajstić information content (AvgIpc) is 3.33. The number of rotatable bonds is 6. The van der Waals surface area contributed by atoms with Crippen molar-refractivity contribution in [2.45, 2.75) is 39.5 Å². The number of hydrogen-bond acceptors (Lipinski definition) is 6. The number of benzene rings is 1. The largest absolute Gasteiger partial charge is 0.492 e. The van der Waals surface area contributed by atoms with Gasteiger partial charge in [0.15, 0.2) is 0 Å². The first-order chi connectivity index (χ1) is 14.5. The zero-order valence-corrected chi connectivity index (χ0v) is 18.2. The van der Waals surface area contributed by atoms with Gasteiger partial charge >= 0.3 is 0 Å². The second kappa shape index (κ2) is 8.76. The van der Waals surface area contributed by atoms with Gasteiger partial charge in [0, 0.05) is 37.9 Å². The maximum atomic E-state index is 12.7. The van der Waals surface area contributed by atoms with E-state index >= 15 is 0 Å². The van der Waals surface area contributed by atoms with E-state index in [1.807, 2.05) is 56.0 Å². The van der Waals surface area contributed by atoms with E-state index in [1.54, 1.807) is 0 Å². The quantitative estimate of drug-likeness (QED) is 0.726. The highest BCUT2D eigenvalue weighted by atomic mass is 16.5. The zero-order chi connectivity index (χ0) is 21.1. The van der Waals surface area contributed by atoms with Gasteiger partial charge in [-0.15, -0.1) is 10.2 Å². The highest BCUT2D eigenvalue weighted by Gasteiger charge is 2.52. The third-order valence-electron chi connectivity index (χ3n) is 6.56. The van der Waals surface area contributed by atoms with E-state index in [1.165, 1.54) is 0 Å². The SMILES string of the molecule is Cc1nnc(C2CN(C(=O)C(C)C)CC23CCN(CCOc2ccccc2)CC3)o1. The number of piperidine rings is 1. The Kier molecular flexibility index (Phi) is 6.09. The lowest BCUT2D eigenvalue weighted by atomic mass is 9.70. The van der Waals surface area contributed by atoms with Crippen LogP contribution in [0.1, 0.15) is 44.4 Å². The van der Waals surface area contributed by atoms with Crippen LogP contribution in [0.2, 0.25) is 0 Å². The topological polar surface area (TPSA) is 71.7 Å². The molecule has 2 aliphatic rings. The van der Waals surface area contributed by atoms with E-state index in [0.29, 0.717) is 24.9 Å². The van der Waals surface area contributed by atoms with Gasteiger partial charge in [-0.1, -0.05) is 32.0 Å². The van der Waals surface area contributed by atoms with Gasteiger partial charge in [0.1, 0.15) is 12.4 Å². The molecule has 3 heterocycles. The molecule has 1 atom stereocenters. The van der Waals surface area contributed by atoms with Gasteiger partial charge in [-0.3, -0.25) is 9.69 Å². The zero-order valence-electron chi connectivity index (χ0n) is 18.2. The summed E-state index contributed by atoms with van der Waals surface area (Å²) in [6, 6.07) is 9.95. The summed E-state index contributed by atoms with van der Waals surface area (Å²) in [5.41, 5.74) is 0.0142. The van der Waals surface area contributed by atoms with Crippen LogP contribution in [0, 0.1) is 18.3 Å². The maximum Gasteiger partial charge on any atom is 0.225 e. The van der Waals surface area contributed by atoms with Crippen LogP contribution in [0.4, 0.5) is 0 Å². The summed E-state index contributed by atoms with van der Waals surface area (Å²) in [5.74, 6) is 2.52. The van der Waals surface area contributed by atoms with Crippen LogP contribution in [0.3, 0.4) is 0 Å². The third kappa shape index (κ3) is 4.36. The molecule has 0 aliphatic carbocycles. The molecule has 0 N–H and O–H groups in total. The van der Waals surface area contributed by atoms with Gasteiger partial charge in [0.2, 0.25) is 17.7 Å². The summed E-state index contributed by atoms with van der Waals surface area (Å²) in [5, 5.41) is 8.38. The molecule has 4 rings (SSSR count). The third-order valence-corrected chi connectivity index (χ3v) is 6.56. The minimum Gasteiger partial charge on any atom is -0.492 e. The fraction of sp³-hybridized carbons (Fsp3) is 0.609. The Hall–Kier alpha value is -2.41. The molecule has 2 aliphatic heterocycles. The van der Waals surface area contributed by atoms with Gasteiger partial charge in [0.25, 0.3) is 0 Å². The van der Waals surface area contributed by atoms with Gasteiger partial charge in [-0.05, 0) is 38.1 Å². The molecule has 2 saturated heterocycles. The molecule has 30 heavy (non-hydrogen) atoms. The van der Waals surface area contributed by atoms with Crippen LogP contribution in [-0.2, 0) is 4.79 Å². The molecule has 1 aromatic carbocycles. The van der Waals surface area contributed by atoms with Crippen LogP contribution in [0.15, 0.2) is 34.7 Å². The lowest BCUT2D eigenvalue weighted by Gasteiger charge is -2.41. The van der Waals surface area contributed by atoms with Crippen LogP contribution < -0.4 is 4.74 Å². The highest BCUT2D eigenvalue weighted by Crippen LogP contribution is 2.49. The number of hydrogen-bond donors (Lipinski definition) is 0. The number of aromatic nitrogens is 2. The summed E-state index contributed by atoms with van der Waals surface area (Å²) in [6.45, 7) is 10.8. The number of amides is 1. The predicted octanol–water partition coefficient (Wildman–Crippen LogP) is 3.12. The molecule has 2 aromatic rings. The number of nitrogens with zero attached hydrogens (tertiary/aromatic N) is 4. The summed E-state index contributed by atoms with van der Waals surface area (Å²) in [6.07, 6.45) is 2.04. The number of carbonyl (C=O) groups excluding carboxylic acids is 1. The van der Waals surface area contributed by atoms with Gasteiger partial charge in [-0.2, -0.15) is 0 Å². The van der Waals surface area contributed by atoms with Crippen molar-refractivity contribution in [2.75, 3.05) is 39.3 Å². The molecular formula is C23H32N4O3. The number of ether oxygens (including phenoxy) is 1. The van der Waals surface area contributed by atoms with Crippen molar-refractivity contribution in [3.8, 4) is 5.75 Å². The average molecular weight is 413 g/mol. The van der Waals surface area contributed by atoms with Crippen molar-refractivity contribution in [2.24, 2.45) is 11.3 Å². The molecule has 1 unspecified atom stereocenters. The second-order valence-corrected chi connectivity index (χ2v) is 8.95. The van der Waals surface area contributed by atoms with Crippen molar-refractivity contribution in [3.63, 3.8) is 0 Å². The second-order valence-electron chi connectivity index (χ2n) is 8.95. The molecule has 1 spiro atoms. The first kappa shape index (κ1) is 20.8. The van der Waals surface area contributed by atoms with Crippen molar-refractivity contribution in [1.82, 2.24) is 20.0 Å². The Morgan fingerprint density at radius 1 is 1.23 bits per heavy atom. The summed E-state index contributed by atoms with van der Waals surface area (Å²) < 4.78 is 11.7. The smallest absolute Gasteiger partial charge is 0.225 e. The number of carbonyl (C=O) groups is 1. The Labute approximate surface area is 178 Å². The van der Waals surface area contributed by atoms with Gasteiger partial charge < -0.3 is 14.1 Å². The minimum atomic E-state index is 0.000413. The van der Waals surface area contributed by atoms with Gasteiger partial charge in [-0.25, -0.2) is 0 Å². The minimum absolute atomic E-state index is 0.000413.